The first-order valence-electron chi connectivity index (χ1n) is 4.79. The van der Waals surface area contributed by atoms with Crippen LogP contribution in [-0.2, 0) is 0 Å². The maximum Gasteiger partial charge on any atom is -0.0443 e. The molecule has 0 amide bonds. The van der Waals surface area contributed by atoms with Gasteiger partial charge in [-0.15, -0.1) is 0 Å². The highest BCUT2D eigenvalue weighted by molar-refractivity contribution is 4.65. The number of hydrogen-bond donors (Lipinski definition) is 0. The van der Waals surface area contributed by atoms with Crippen LogP contribution in [0.1, 0.15) is 68.2 Å². The van der Waals surface area contributed by atoms with E-state index in [1.165, 1.54) is 25.7 Å². The van der Waals surface area contributed by atoms with Crippen LogP contribution in [0.2, 0.25) is 0 Å². The van der Waals surface area contributed by atoms with Crippen molar-refractivity contribution in [1.82, 2.24) is 0 Å². The summed E-state index contributed by atoms with van der Waals surface area (Å²) < 4.78 is 0. The topological polar surface area (TPSA) is 0 Å². The summed E-state index contributed by atoms with van der Waals surface area (Å²) in [6, 6.07) is 0. The normalized spacial score (nSPS) is 27.0. The van der Waals surface area contributed by atoms with Crippen molar-refractivity contribution in [3.63, 3.8) is 0 Å². The molecule has 1 aliphatic carbocycles. The second kappa shape index (κ2) is 11.0. The minimum atomic E-state index is 0. The molecule has 0 nitrogen and oxygen atoms in total. The molecule has 0 unspecified atom stereocenters. The fourth-order valence-electron chi connectivity index (χ4n) is 1.43. The largest absolute Gasteiger partial charge is 0.0776 e. The first kappa shape index (κ1) is 17.9. The third-order valence-corrected chi connectivity index (χ3v) is 2.30. The Morgan fingerprint density at radius 3 is 1.00 bits per heavy atom. The molecule has 0 radical (unpaired) electrons. The molecule has 0 spiro atoms. The monoisotopic (exact) mass is 174 g/mol. The van der Waals surface area contributed by atoms with Gasteiger partial charge >= 0.3 is 0 Å². The molecule has 12 heavy (non-hydrogen) atoms. The molecule has 78 valence electrons. The molecule has 0 aromatic heterocycles. The Labute approximate surface area is 80.8 Å². The van der Waals surface area contributed by atoms with Crippen LogP contribution in [0.25, 0.3) is 0 Å². The zero-order valence-electron chi connectivity index (χ0n) is 7.98. The van der Waals surface area contributed by atoms with Crippen LogP contribution in [0.15, 0.2) is 0 Å². The molecule has 0 N–H and O–H groups in total. The predicted octanol–water partition coefficient (Wildman–Crippen LogP) is 5.13. The molecular formula is C12H30. The molecule has 0 bridgehead atoms. The fourth-order valence-corrected chi connectivity index (χ4v) is 1.43. The van der Waals surface area contributed by atoms with E-state index in [9.17, 15) is 0 Å². The Morgan fingerprint density at radius 2 is 0.833 bits per heavy atom. The highest BCUT2D eigenvalue weighted by atomic mass is 14.2. The highest BCUT2D eigenvalue weighted by Crippen LogP contribution is 2.27. The van der Waals surface area contributed by atoms with Gasteiger partial charge in [0, 0.05) is 0 Å². The van der Waals surface area contributed by atoms with Gasteiger partial charge in [-0.1, -0.05) is 68.2 Å². The summed E-state index contributed by atoms with van der Waals surface area (Å²) in [5.41, 5.74) is 0. The molecule has 0 aliphatic heterocycles. The van der Waals surface area contributed by atoms with Crippen LogP contribution in [0.3, 0.4) is 0 Å². The van der Waals surface area contributed by atoms with E-state index in [1.54, 1.807) is 0 Å². The quantitative estimate of drug-likeness (QED) is 0.477. The van der Waals surface area contributed by atoms with E-state index in [0.717, 1.165) is 11.8 Å². The van der Waals surface area contributed by atoms with Gasteiger partial charge in [0.05, 0.1) is 0 Å². The molecule has 1 aliphatic rings. The Morgan fingerprint density at radius 1 is 0.667 bits per heavy atom. The molecule has 0 aromatic carbocycles. The fraction of sp³-hybridized carbons (Fsp3) is 1.00. The van der Waals surface area contributed by atoms with E-state index in [2.05, 4.69) is 13.8 Å². The van der Waals surface area contributed by atoms with E-state index in [4.69, 9.17) is 0 Å². The Hall–Kier alpha value is 0. The van der Waals surface area contributed by atoms with Crippen molar-refractivity contribution < 1.29 is 0 Å². The lowest BCUT2D eigenvalue weighted by Gasteiger charge is -2.22. The van der Waals surface area contributed by atoms with Crippen LogP contribution in [0, 0.1) is 11.8 Å². The lowest BCUT2D eigenvalue weighted by Crippen LogP contribution is -2.08. The maximum atomic E-state index is 2.37. The Balaban J connectivity index is -0.000000189. The SMILES string of the molecule is C.C.CC.CC1CCC(C)CC1. The van der Waals surface area contributed by atoms with Gasteiger partial charge < -0.3 is 0 Å². The lowest BCUT2D eigenvalue weighted by molar-refractivity contribution is 0.308. The van der Waals surface area contributed by atoms with Crippen LogP contribution in [0.5, 0.6) is 0 Å². The van der Waals surface area contributed by atoms with Gasteiger partial charge in [-0.25, -0.2) is 0 Å². The zero-order chi connectivity index (χ0) is 7.98. The van der Waals surface area contributed by atoms with Crippen LogP contribution in [0.4, 0.5) is 0 Å². The summed E-state index contributed by atoms with van der Waals surface area (Å²) in [5.74, 6) is 2.04. The number of hydrogen-bond acceptors (Lipinski definition) is 0. The van der Waals surface area contributed by atoms with E-state index >= 15 is 0 Å². The van der Waals surface area contributed by atoms with Crippen molar-refractivity contribution in [3.05, 3.63) is 0 Å². The minimum absolute atomic E-state index is 0. The summed E-state index contributed by atoms with van der Waals surface area (Å²) in [4.78, 5) is 0. The van der Waals surface area contributed by atoms with Crippen molar-refractivity contribution in [2.75, 3.05) is 0 Å². The molecule has 0 aromatic rings. The molecule has 1 fully saturated rings. The molecular weight excluding hydrogens is 144 g/mol. The van der Waals surface area contributed by atoms with Crippen LogP contribution < -0.4 is 0 Å². The van der Waals surface area contributed by atoms with Gasteiger partial charge in [0.25, 0.3) is 0 Å². The van der Waals surface area contributed by atoms with Crippen molar-refractivity contribution in [3.8, 4) is 0 Å². The van der Waals surface area contributed by atoms with Crippen LogP contribution in [-0.4, -0.2) is 0 Å². The molecule has 1 rings (SSSR count). The molecule has 0 atom stereocenters. The summed E-state index contributed by atoms with van der Waals surface area (Å²) in [6.45, 7) is 8.73. The average molecular weight is 174 g/mol. The van der Waals surface area contributed by atoms with Gasteiger partial charge in [0.1, 0.15) is 0 Å². The smallest absolute Gasteiger partial charge is 0.0443 e. The zero-order valence-corrected chi connectivity index (χ0v) is 7.98. The molecule has 0 heteroatoms. The van der Waals surface area contributed by atoms with Gasteiger partial charge in [0.2, 0.25) is 0 Å². The first-order chi connectivity index (χ1) is 4.79. The lowest BCUT2D eigenvalue weighted by atomic mass is 9.84. The predicted molar refractivity (Wildman–Crippen MR) is 61.6 cm³/mol. The molecule has 0 heterocycles. The molecule has 1 saturated carbocycles. The maximum absolute atomic E-state index is 2.37. The van der Waals surface area contributed by atoms with Crippen molar-refractivity contribution in [2.45, 2.75) is 68.2 Å². The third-order valence-electron chi connectivity index (χ3n) is 2.30. The van der Waals surface area contributed by atoms with Crippen molar-refractivity contribution in [1.29, 1.82) is 0 Å². The van der Waals surface area contributed by atoms with E-state index in [-0.39, 0.29) is 14.9 Å². The van der Waals surface area contributed by atoms with E-state index in [1.807, 2.05) is 13.8 Å². The highest BCUT2D eigenvalue weighted by Gasteiger charge is 2.13. The van der Waals surface area contributed by atoms with Gasteiger partial charge in [-0.05, 0) is 11.8 Å². The standard InChI is InChI=1S/C8H16.C2H6.2CH4/c1-7-3-5-8(2)6-4-7;1-2;;/h7-8H,3-6H2,1-2H3;1-2H3;2*1H4. The van der Waals surface area contributed by atoms with Gasteiger partial charge in [-0.3, -0.25) is 0 Å². The van der Waals surface area contributed by atoms with E-state index < -0.39 is 0 Å². The summed E-state index contributed by atoms with van der Waals surface area (Å²) >= 11 is 0. The van der Waals surface area contributed by atoms with Crippen molar-refractivity contribution in [2.24, 2.45) is 11.8 Å². The average Bonchev–Trinajstić information content (AvgIpc) is 2.00. The minimum Gasteiger partial charge on any atom is -0.0776 e. The Bertz CT molecular complexity index is 48.4. The summed E-state index contributed by atoms with van der Waals surface area (Å²) in [5, 5.41) is 0. The first-order valence-corrected chi connectivity index (χ1v) is 4.79. The molecule has 0 saturated heterocycles. The summed E-state index contributed by atoms with van der Waals surface area (Å²) in [7, 11) is 0. The van der Waals surface area contributed by atoms with E-state index in [0.29, 0.717) is 0 Å². The summed E-state index contributed by atoms with van der Waals surface area (Å²) in [6.07, 6.45) is 5.89. The third kappa shape index (κ3) is 8.10. The number of rotatable bonds is 0. The second-order valence-corrected chi connectivity index (χ2v) is 3.37. The Kier molecular flexibility index (Phi) is 16.4. The second-order valence-electron chi connectivity index (χ2n) is 3.37. The van der Waals surface area contributed by atoms with Crippen molar-refractivity contribution >= 4 is 0 Å². The van der Waals surface area contributed by atoms with Crippen LogP contribution >= 0.6 is 0 Å². The van der Waals surface area contributed by atoms with Gasteiger partial charge in [0.15, 0.2) is 0 Å². The van der Waals surface area contributed by atoms with Gasteiger partial charge in [-0.2, -0.15) is 0 Å².